The minimum Gasteiger partial charge on any atom is -0.370 e. The lowest BCUT2D eigenvalue weighted by atomic mass is 10.6. The molecule has 0 aromatic carbocycles. The van der Waals surface area contributed by atoms with E-state index in [1.807, 2.05) is 0 Å². The van der Waals surface area contributed by atoms with Crippen molar-refractivity contribution >= 4 is 5.96 Å². The average molecular weight is 229 g/mol. The molecule has 0 amide bonds. The number of halogens is 2. The molecule has 0 unspecified atom stereocenters. The molecule has 1 heterocycles. The summed E-state index contributed by atoms with van der Waals surface area (Å²) in [4.78, 5) is 7.63. The molecule has 0 bridgehead atoms. The Balaban J connectivity index is 2.59. The maximum Gasteiger partial charge on any atom is 0.319 e. The number of nitrogens with zero attached hydrogens (tertiary/aromatic N) is 3. The lowest BCUT2D eigenvalue weighted by Gasteiger charge is -2.05. The zero-order valence-electron chi connectivity index (χ0n) is 8.61. The van der Waals surface area contributed by atoms with E-state index in [1.165, 1.54) is 12.4 Å². The van der Waals surface area contributed by atoms with Crippen LogP contribution in [0.1, 0.15) is 12.4 Å². The second-order valence-corrected chi connectivity index (χ2v) is 2.90. The van der Waals surface area contributed by atoms with Crippen LogP contribution in [0.25, 0.3) is 0 Å². The number of guanidine groups is 1. The summed E-state index contributed by atoms with van der Waals surface area (Å²) in [6.07, 6.45) is 4.11. The number of rotatable bonds is 5. The minimum absolute atomic E-state index is 0.00726. The Morgan fingerprint density at radius 3 is 3.12 bits per heavy atom. The fourth-order valence-electron chi connectivity index (χ4n) is 1.03. The molecule has 0 spiro atoms. The van der Waals surface area contributed by atoms with E-state index < -0.39 is 6.55 Å². The van der Waals surface area contributed by atoms with E-state index in [9.17, 15) is 8.78 Å². The Morgan fingerprint density at radius 1 is 1.75 bits per heavy atom. The number of hydrogen-bond acceptors (Lipinski definition) is 2. The van der Waals surface area contributed by atoms with E-state index >= 15 is 0 Å². The summed E-state index contributed by atoms with van der Waals surface area (Å²) < 4.78 is 25.5. The van der Waals surface area contributed by atoms with Crippen LogP contribution in [0.2, 0.25) is 0 Å². The minimum atomic E-state index is -2.62. The maximum atomic E-state index is 12.4. The van der Waals surface area contributed by atoms with E-state index in [1.54, 1.807) is 6.08 Å². The summed E-state index contributed by atoms with van der Waals surface area (Å²) >= 11 is 0. The highest BCUT2D eigenvalue weighted by atomic mass is 19.3. The highest BCUT2D eigenvalue weighted by molar-refractivity contribution is 5.77. The molecule has 0 aliphatic rings. The summed E-state index contributed by atoms with van der Waals surface area (Å²) in [5, 5.41) is 2.73. The average Bonchev–Trinajstić information content (AvgIpc) is 2.71. The highest BCUT2D eigenvalue weighted by Gasteiger charge is 2.10. The molecule has 1 rings (SSSR count). The van der Waals surface area contributed by atoms with Gasteiger partial charge >= 0.3 is 6.55 Å². The van der Waals surface area contributed by atoms with Crippen LogP contribution < -0.4 is 11.1 Å². The predicted octanol–water partition coefficient (Wildman–Crippen LogP) is 0.868. The highest BCUT2D eigenvalue weighted by Crippen LogP contribution is 2.12. The SMILES string of the molecule is C=CCNC(N)=NCc1nccn1C(F)F. The Morgan fingerprint density at radius 2 is 2.50 bits per heavy atom. The molecule has 1 aromatic heterocycles. The number of hydrogen-bond donors (Lipinski definition) is 2. The number of imidazole rings is 1. The van der Waals surface area contributed by atoms with Crippen molar-refractivity contribution in [1.82, 2.24) is 14.9 Å². The van der Waals surface area contributed by atoms with E-state index in [4.69, 9.17) is 5.73 Å². The Bertz CT molecular complexity index is 372. The second kappa shape index (κ2) is 5.84. The molecule has 16 heavy (non-hydrogen) atoms. The van der Waals surface area contributed by atoms with Crippen molar-refractivity contribution in [3.05, 3.63) is 30.9 Å². The van der Waals surface area contributed by atoms with Gasteiger partial charge in [-0.25, -0.2) is 9.98 Å². The molecule has 7 heteroatoms. The molecular formula is C9H13F2N5. The summed E-state index contributed by atoms with van der Waals surface area (Å²) in [5.41, 5.74) is 5.47. The lowest BCUT2D eigenvalue weighted by Crippen LogP contribution is -2.31. The first kappa shape index (κ1) is 12.2. The molecule has 3 N–H and O–H groups in total. The number of nitrogens with one attached hydrogen (secondary N) is 1. The van der Waals surface area contributed by atoms with Crippen molar-refractivity contribution in [1.29, 1.82) is 0 Å². The van der Waals surface area contributed by atoms with Gasteiger partial charge in [-0.15, -0.1) is 6.58 Å². The van der Waals surface area contributed by atoms with Gasteiger partial charge < -0.3 is 11.1 Å². The van der Waals surface area contributed by atoms with Crippen molar-refractivity contribution in [2.75, 3.05) is 6.54 Å². The molecule has 88 valence electrons. The summed E-state index contributed by atoms with van der Waals surface area (Å²) in [6, 6.07) is 0. The van der Waals surface area contributed by atoms with E-state index in [2.05, 4.69) is 21.9 Å². The van der Waals surface area contributed by atoms with Gasteiger partial charge in [0.25, 0.3) is 0 Å². The molecular weight excluding hydrogens is 216 g/mol. The molecule has 0 aliphatic carbocycles. The van der Waals surface area contributed by atoms with Crippen LogP contribution in [0.4, 0.5) is 8.78 Å². The standard InChI is InChI=1S/C9H13F2N5/c1-2-3-14-9(12)15-6-7-13-4-5-16(7)8(10)11/h2,4-5,8H,1,3,6H2,(H3,12,14,15). The number of aromatic nitrogens is 2. The van der Waals surface area contributed by atoms with Crippen LogP contribution >= 0.6 is 0 Å². The third-order valence-electron chi connectivity index (χ3n) is 1.78. The molecule has 0 aliphatic heterocycles. The van der Waals surface area contributed by atoms with Crippen LogP contribution in [-0.4, -0.2) is 22.1 Å². The third-order valence-corrected chi connectivity index (χ3v) is 1.78. The van der Waals surface area contributed by atoms with Crippen LogP contribution in [0.15, 0.2) is 30.0 Å². The number of aliphatic imine (C=N–C) groups is 1. The molecule has 1 aromatic rings. The van der Waals surface area contributed by atoms with Gasteiger partial charge in [0.15, 0.2) is 5.96 Å². The van der Waals surface area contributed by atoms with Crippen molar-refractivity contribution in [2.24, 2.45) is 10.7 Å². The summed E-state index contributed by atoms with van der Waals surface area (Å²) in [6.45, 7) is 1.35. The zero-order chi connectivity index (χ0) is 12.0. The van der Waals surface area contributed by atoms with E-state index in [0.717, 1.165) is 4.57 Å². The first-order chi connectivity index (χ1) is 7.65. The first-order valence-electron chi connectivity index (χ1n) is 4.59. The van der Waals surface area contributed by atoms with Gasteiger partial charge in [-0.2, -0.15) is 8.78 Å². The molecule has 0 saturated heterocycles. The van der Waals surface area contributed by atoms with Crippen LogP contribution in [0.5, 0.6) is 0 Å². The van der Waals surface area contributed by atoms with Crippen molar-refractivity contribution < 1.29 is 8.78 Å². The molecule has 0 radical (unpaired) electrons. The number of nitrogens with two attached hydrogens (primary N) is 1. The molecule has 5 nitrogen and oxygen atoms in total. The first-order valence-corrected chi connectivity index (χ1v) is 4.59. The monoisotopic (exact) mass is 229 g/mol. The second-order valence-electron chi connectivity index (χ2n) is 2.90. The molecule has 0 saturated carbocycles. The summed E-state index contributed by atoms with van der Waals surface area (Å²) in [5.74, 6) is 0.335. The van der Waals surface area contributed by atoms with Gasteiger partial charge in [0.05, 0.1) is 0 Å². The fourth-order valence-corrected chi connectivity index (χ4v) is 1.03. The van der Waals surface area contributed by atoms with Gasteiger partial charge in [0.1, 0.15) is 12.4 Å². The van der Waals surface area contributed by atoms with Gasteiger partial charge in [-0.3, -0.25) is 4.57 Å². The smallest absolute Gasteiger partial charge is 0.319 e. The van der Waals surface area contributed by atoms with Gasteiger partial charge in [0.2, 0.25) is 0 Å². The fraction of sp³-hybridized carbons (Fsp3) is 0.333. The van der Waals surface area contributed by atoms with Crippen LogP contribution in [0, 0.1) is 0 Å². The topological polar surface area (TPSA) is 68.2 Å². The lowest BCUT2D eigenvalue weighted by molar-refractivity contribution is 0.0671. The summed E-state index contributed by atoms with van der Waals surface area (Å²) in [7, 11) is 0. The van der Waals surface area contributed by atoms with Crippen molar-refractivity contribution in [3.63, 3.8) is 0 Å². The van der Waals surface area contributed by atoms with Crippen molar-refractivity contribution in [3.8, 4) is 0 Å². The van der Waals surface area contributed by atoms with Crippen molar-refractivity contribution in [2.45, 2.75) is 13.1 Å². The molecule has 0 fully saturated rings. The predicted molar refractivity (Wildman–Crippen MR) is 57.0 cm³/mol. The number of alkyl halides is 2. The van der Waals surface area contributed by atoms with Gasteiger partial charge in [-0.05, 0) is 0 Å². The zero-order valence-corrected chi connectivity index (χ0v) is 8.61. The largest absolute Gasteiger partial charge is 0.370 e. The van der Waals surface area contributed by atoms with Crippen LogP contribution in [-0.2, 0) is 6.54 Å². The normalized spacial score (nSPS) is 11.8. The Hall–Kier alpha value is -1.92. The maximum absolute atomic E-state index is 12.4. The third kappa shape index (κ3) is 3.34. The van der Waals surface area contributed by atoms with Crippen LogP contribution in [0.3, 0.4) is 0 Å². The Labute approximate surface area is 91.7 Å². The van der Waals surface area contributed by atoms with Gasteiger partial charge in [0, 0.05) is 18.9 Å². The Kier molecular flexibility index (Phi) is 4.43. The van der Waals surface area contributed by atoms with E-state index in [-0.39, 0.29) is 18.3 Å². The van der Waals surface area contributed by atoms with E-state index in [0.29, 0.717) is 6.54 Å². The molecule has 0 atom stereocenters. The van der Waals surface area contributed by atoms with Gasteiger partial charge in [-0.1, -0.05) is 6.08 Å². The quantitative estimate of drug-likeness (QED) is 0.447.